The van der Waals surface area contributed by atoms with Crippen LogP contribution in [0.15, 0.2) is 0 Å². The first kappa shape index (κ1) is 9.07. The van der Waals surface area contributed by atoms with Gasteiger partial charge in [0.1, 0.15) is 0 Å². The molecule has 1 saturated heterocycles. The van der Waals surface area contributed by atoms with Gasteiger partial charge in [-0.3, -0.25) is 5.73 Å². The maximum absolute atomic E-state index is 10.6. The van der Waals surface area contributed by atoms with E-state index in [1.807, 2.05) is 0 Å². The summed E-state index contributed by atoms with van der Waals surface area (Å²) in [6, 6.07) is 0. The van der Waals surface area contributed by atoms with E-state index in [0.717, 1.165) is 12.8 Å². The molecule has 0 aliphatic carbocycles. The smallest absolute Gasteiger partial charge is 0.381 e. The molecule has 2 atom stereocenters. The first-order valence-corrected chi connectivity index (χ1v) is 4.98. The molecule has 1 heterocycles. The molecule has 64 valence electrons. The van der Waals surface area contributed by atoms with E-state index >= 15 is 0 Å². The van der Waals surface area contributed by atoms with Gasteiger partial charge in [0.15, 0.2) is 0 Å². The van der Waals surface area contributed by atoms with E-state index < -0.39 is 13.8 Å². The van der Waals surface area contributed by atoms with Gasteiger partial charge in [0, 0.05) is 19.1 Å². The highest BCUT2D eigenvalue weighted by Gasteiger charge is 2.34. The van der Waals surface area contributed by atoms with Crippen molar-refractivity contribution in [2.45, 2.75) is 18.6 Å². The Hall–Kier alpha value is -0.0200. The van der Waals surface area contributed by atoms with Crippen LogP contribution in [-0.2, 0) is 9.30 Å². The zero-order chi connectivity index (χ0) is 8.27. The number of ether oxygens (including phenoxy) is 1. The maximum atomic E-state index is 10.6. The van der Waals surface area contributed by atoms with Crippen LogP contribution in [0.2, 0.25) is 0 Å². The number of hydrogen-bond acceptors (Lipinski definition) is 3. The third-order valence-electron chi connectivity index (χ3n) is 2.00. The van der Waals surface area contributed by atoms with Crippen molar-refractivity contribution in [2.75, 3.05) is 13.2 Å². The summed E-state index contributed by atoms with van der Waals surface area (Å²) < 4.78 is 15.7. The summed E-state index contributed by atoms with van der Waals surface area (Å²) in [5.41, 5.74) is 5.50. The van der Waals surface area contributed by atoms with Gasteiger partial charge in [-0.25, -0.2) is 0 Å². The van der Waals surface area contributed by atoms with Gasteiger partial charge in [-0.1, -0.05) is 0 Å². The minimum Gasteiger partial charge on any atom is -0.381 e. The summed E-state index contributed by atoms with van der Waals surface area (Å²) in [5.74, 6) is -0.397. The molecule has 0 bridgehead atoms. The van der Waals surface area contributed by atoms with Crippen molar-refractivity contribution < 1.29 is 14.2 Å². The molecule has 0 aromatic heterocycles. The average molecular weight is 178 g/mol. The first-order chi connectivity index (χ1) is 5.22. The summed E-state index contributed by atoms with van der Waals surface area (Å²) >= 11 is 0. The van der Waals surface area contributed by atoms with Crippen LogP contribution in [0.5, 0.6) is 0 Å². The molecule has 5 heteroatoms. The van der Waals surface area contributed by atoms with Crippen LogP contribution in [0.3, 0.4) is 0 Å². The molecular formula is C6H13NO3P+. The van der Waals surface area contributed by atoms with Crippen LogP contribution in [0.4, 0.5) is 0 Å². The van der Waals surface area contributed by atoms with Crippen molar-refractivity contribution in [1.29, 1.82) is 0 Å². The van der Waals surface area contributed by atoms with Crippen molar-refractivity contribution in [3.63, 3.8) is 0 Å². The summed E-state index contributed by atoms with van der Waals surface area (Å²) in [6.07, 6.45) is 1.62. The zero-order valence-corrected chi connectivity index (χ0v) is 7.17. The second-order valence-electron chi connectivity index (χ2n) is 2.74. The number of hydrogen-bond donors (Lipinski definition) is 2. The third-order valence-corrected chi connectivity index (χ3v) is 2.94. The van der Waals surface area contributed by atoms with Crippen molar-refractivity contribution >= 4 is 8.03 Å². The van der Waals surface area contributed by atoms with Crippen molar-refractivity contribution in [1.82, 2.24) is 0 Å². The molecule has 3 N–H and O–H groups in total. The molecule has 4 nitrogen and oxygen atoms in total. The summed E-state index contributed by atoms with van der Waals surface area (Å²) in [7, 11) is -2.21. The lowest BCUT2D eigenvalue weighted by Gasteiger charge is -2.20. The molecule has 1 aliphatic heterocycles. The predicted octanol–water partition coefficient (Wildman–Crippen LogP) is 0.432. The Balaban J connectivity index is 2.38. The highest BCUT2D eigenvalue weighted by atomic mass is 31.1. The zero-order valence-electron chi connectivity index (χ0n) is 6.27. The van der Waals surface area contributed by atoms with E-state index in [2.05, 4.69) is 0 Å². The lowest BCUT2D eigenvalue weighted by Crippen LogP contribution is -2.31. The van der Waals surface area contributed by atoms with Crippen LogP contribution in [0, 0.1) is 5.92 Å². The standard InChI is InChI=1S/C6H12NO3P/c7-6(11(8)9)5-1-3-10-4-2-5/h5-6H,1-4,7H2/p+1. The maximum Gasteiger partial charge on any atom is 0.524 e. The number of nitrogens with two attached hydrogens (primary N) is 1. The van der Waals surface area contributed by atoms with E-state index in [4.69, 9.17) is 15.4 Å². The molecule has 0 spiro atoms. The molecule has 1 fully saturated rings. The van der Waals surface area contributed by atoms with Gasteiger partial charge in [-0.2, -0.15) is 4.89 Å². The van der Waals surface area contributed by atoms with Crippen LogP contribution < -0.4 is 5.73 Å². The minimum atomic E-state index is -2.21. The van der Waals surface area contributed by atoms with E-state index in [1.54, 1.807) is 0 Å². The van der Waals surface area contributed by atoms with Gasteiger partial charge in [0.25, 0.3) is 0 Å². The number of rotatable bonds is 2. The summed E-state index contributed by atoms with van der Waals surface area (Å²) in [4.78, 5) is 8.72. The molecular weight excluding hydrogens is 165 g/mol. The molecule has 0 radical (unpaired) electrons. The van der Waals surface area contributed by atoms with Crippen molar-refractivity contribution in [3.8, 4) is 0 Å². The van der Waals surface area contributed by atoms with Gasteiger partial charge >= 0.3 is 8.03 Å². The molecule has 11 heavy (non-hydrogen) atoms. The highest BCUT2D eigenvalue weighted by molar-refractivity contribution is 7.38. The van der Waals surface area contributed by atoms with Gasteiger partial charge in [0.05, 0.1) is 0 Å². The first-order valence-electron chi connectivity index (χ1n) is 3.70. The Morgan fingerprint density at radius 2 is 2.09 bits per heavy atom. The summed E-state index contributed by atoms with van der Waals surface area (Å²) in [6.45, 7) is 1.34. The lowest BCUT2D eigenvalue weighted by molar-refractivity contribution is 0.0648. The molecule has 1 aliphatic rings. The molecule has 0 aromatic rings. The van der Waals surface area contributed by atoms with E-state index in [1.165, 1.54) is 0 Å². The van der Waals surface area contributed by atoms with Crippen LogP contribution in [-0.4, -0.2) is 23.9 Å². The monoisotopic (exact) mass is 178 g/mol. The van der Waals surface area contributed by atoms with Crippen molar-refractivity contribution in [3.05, 3.63) is 0 Å². The Bertz CT molecular complexity index is 147. The molecule has 0 amide bonds. The summed E-state index contributed by atoms with van der Waals surface area (Å²) in [5, 5.41) is 0. The lowest BCUT2D eigenvalue weighted by atomic mass is 10.0. The fraction of sp³-hybridized carbons (Fsp3) is 1.00. The SMILES string of the molecule is NC(C1CCOCC1)[P+](=O)O. The normalized spacial score (nSPS) is 24.7. The second-order valence-corrected chi connectivity index (χ2v) is 3.94. The van der Waals surface area contributed by atoms with Gasteiger partial charge in [-0.05, 0) is 17.4 Å². The van der Waals surface area contributed by atoms with Gasteiger partial charge in [-0.15, -0.1) is 0 Å². The minimum absolute atomic E-state index is 0.164. The average Bonchev–Trinajstić information content (AvgIpc) is 2.05. The molecule has 1 rings (SSSR count). The van der Waals surface area contributed by atoms with E-state index in [-0.39, 0.29) is 5.92 Å². The van der Waals surface area contributed by atoms with E-state index in [9.17, 15) is 4.57 Å². The van der Waals surface area contributed by atoms with Crippen LogP contribution >= 0.6 is 8.03 Å². The highest BCUT2D eigenvalue weighted by Crippen LogP contribution is 2.30. The topological polar surface area (TPSA) is 72.5 Å². The fourth-order valence-electron chi connectivity index (χ4n) is 1.24. The predicted molar refractivity (Wildman–Crippen MR) is 41.3 cm³/mol. The molecule has 0 saturated carbocycles. The third kappa shape index (κ3) is 2.49. The Morgan fingerprint density at radius 3 is 2.55 bits per heavy atom. The Labute approximate surface area is 66.6 Å². The van der Waals surface area contributed by atoms with E-state index in [0.29, 0.717) is 13.2 Å². The van der Waals surface area contributed by atoms with Crippen LogP contribution in [0.25, 0.3) is 0 Å². The van der Waals surface area contributed by atoms with Gasteiger partial charge in [0.2, 0.25) is 5.78 Å². The Kier molecular flexibility index (Phi) is 3.40. The Morgan fingerprint density at radius 1 is 1.55 bits per heavy atom. The quantitative estimate of drug-likeness (QED) is 0.601. The van der Waals surface area contributed by atoms with Gasteiger partial charge < -0.3 is 4.74 Å². The fourth-order valence-corrected chi connectivity index (χ4v) is 1.90. The molecule has 2 unspecified atom stereocenters. The largest absolute Gasteiger partial charge is 0.524 e. The molecule has 0 aromatic carbocycles. The van der Waals surface area contributed by atoms with Crippen LogP contribution in [0.1, 0.15) is 12.8 Å². The van der Waals surface area contributed by atoms with Crippen molar-refractivity contribution in [2.24, 2.45) is 11.7 Å². The second kappa shape index (κ2) is 4.12.